The zero-order valence-corrected chi connectivity index (χ0v) is 10.1. The van der Waals surface area contributed by atoms with E-state index in [1.54, 1.807) is 11.9 Å². The smallest absolute Gasteiger partial charge is 0.225 e. The number of hydrogen-bond donors (Lipinski definition) is 0. The van der Waals surface area contributed by atoms with Crippen LogP contribution >= 0.6 is 0 Å². The van der Waals surface area contributed by atoms with Gasteiger partial charge < -0.3 is 4.90 Å². The Hall–Kier alpha value is -2.55. The molecule has 0 saturated carbocycles. The van der Waals surface area contributed by atoms with Gasteiger partial charge in [-0.15, -0.1) is 0 Å². The molecular weight excluding hydrogens is 250 g/mol. The first kappa shape index (κ1) is 12.9. The molecule has 0 aliphatic rings. The number of benzene rings is 1. The van der Waals surface area contributed by atoms with Gasteiger partial charge >= 0.3 is 0 Å². The lowest BCUT2D eigenvalue weighted by Crippen LogP contribution is -2.19. The Labute approximate surface area is 109 Å². The molecule has 1 heterocycles. The maximum Gasteiger partial charge on any atom is 0.225 e. The minimum atomic E-state index is -0.665. The van der Waals surface area contributed by atoms with Crippen LogP contribution in [-0.2, 0) is 0 Å². The van der Waals surface area contributed by atoms with Crippen molar-refractivity contribution in [3.8, 4) is 17.2 Å². The lowest BCUT2D eigenvalue weighted by molar-refractivity contribution is 0.585. The number of hydrogen-bond acceptors (Lipinski definition) is 4. The average Bonchev–Trinajstić information content (AvgIpc) is 2.39. The van der Waals surface area contributed by atoms with Gasteiger partial charge in [-0.1, -0.05) is 0 Å². The van der Waals surface area contributed by atoms with E-state index in [1.165, 1.54) is 24.5 Å². The van der Waals surface area contributed by atoms with Crippen molar-refractivity contribution in [2.45, 2.75) is 0 Å². The monoisotopic (exact) mass is 260 g/mol. The van der Waals surface area contributed by atoms with Gasteiger partial charge in [-0.2, -0.15) is 5.26 Å². The summed E-state index contributed by atoms with van der Waals surface area (Å²) >= 11 is 0. The van der Waals surface area contributed by atoms with E-state index in [2.05, 4.69) is 9.97 Å². The van der Waals surface area contributed by atoms with Crippen molar-refractivity contribution in [1.82, 2.24) is 9.97 Å². The minimum absolute atomic E-state index is 0.157. The summed E-state index contributed by atoms with van der Waals surface area (Å²) in [4.78, 5) is 9.64. The van der Waals surface area contributed by atoms with Crippen LogP contribution < -0.4 is 4.90 Å². The van der Waals surface area contributed by atoms with Crippen LogP contribution in [0.2, 0.25) is 0 Å². The summed E-state index contributed by atoms with van der Waals surface area (Å²) in [6, 6.07) is 5.29. The molecule has 0 fully saturated rings. The Morgan fingerprint density at radius 1 is 1.26 bits per heavy atom. The normalized spacial score (nSPS) is 10.0. The maximum absolute atomic E-state index is 13.6. The van der Waals surface area contributed by atoms with E-state index >= 15 is 0 Å². The molecule has 19 heavy (non-hydrogen) atoms. The Kier molecular flexibility index (Phi) is 3.66. The Balaban J connectivity index is 2.30. The second-order valence-electron chi connectivity index (χ2n) is 3.91. The quantitative estimate of drug-likeness (QED) is 0.795. The summed E-state index contributed by atoms with van der Waals surface area (Å²) in [5.41, 5.74) is 0.683. The second-order valence-corrected chi connectivity index (χ2v) is 3.91. The van der Waals surface area contributed by atoms with Gasteiger partial charge in [0, 0.05) is 36.6 Å². The third kappa shape index (κ3) is 2.83. The molecule has 1 aromatic heterocycles. The van der Waals surface area contributed by atoms with Gasteiger partial charge in [0.05, 0.1) is 6.07 Å². The fraction of sp³-hybridized carbons (Fsp3) is 0.154. The fourth-order valence-electron chi connectivity index (χ4n) is 1.56. The van der Waals surface area contributed by atoms with Crippen LogP contribution in [0, 0.1) is 23.0 Å². The molecule has 0 unspecified atom stereocenters. The molecule has 0 N–H and O–H groups in total. The summed E-state index contributed by atoms with van der Waals surface area (Å²) in [5.74, 6) is -0.929. The van der Waals surface area contributed by atoms with E-state index in [9.17, 15) is 8.78 Å². The zero-order valence-electron chi connectivity index (χ0n) is 10.1. The van der Waals surface area contributed by atoms with Gasteiger partial charge in [-0.05, 0) is 12.1 Å². The fourth-order valence-corrected chi connectivity index (χ4v) is 1.56. The average molecular weight is 260 g/mol. The molecule has 1 aromatic carbocycles. The lowest BCUT2D eigenvalue weighted by Gasteiger charge is -2.12. The highest BCUT2D eigenvalue weighted by Gasteiger charge is 2.09. The highest BCUT2D eigenvalue weighted by atomic mass is 19.1. The summed E-state index contributed by atoms with van der Waals surface area (Å²) < 4.78 is 26.4. The first-order valence-electron chi connectivity index (χ1n) is 5.47. The molecule has 0 saturated heterocycles. The van der Waals surface area contributed by atoms with E-state index in [0.717, 1.165) is 6.07 Å². The van der Waals surface area contributed by atoms with Crippen molar-refractivity contribution in [1.29, 1.82) is 5.26 Å². The highest BCUT2D eigenvalue weighted by Crippen LogP contribution is 2.22. The molecule has 0 aliphatic carbocycles. The number of nitriles is 1. The minimum Gasteiger partial charge on any atom is -0.331 e. The van der Waals surface area contributed by atoms with E-state index in [4.69, 9.17) is 5.26 Å². The van der Waals surface area contributed by atoms with Gasteiger partial charge in [0.1, 0.15) is 18.2 Å². The summed E-state index contributed by atoms with van der Waals surface area (Å²) in [6.07, 6.45) is 2.87. The molecule has 2 aromatic rings. The van der Waals surface area contributed by atoms with Crippen LogP contribution in [0.4, 0.5) is 14.7 Å². The topological polar surface area (TPSA) is 52.8 Å². The summed E-state index contributed by atoms with van der Waals surface area (Å²) in [7, 11) is 1.68. The van der Waals surface area contributed by atoms with Gasteiger partial charge in [0.2, 0.25) is 5.95 Å². The van der Waals surface area contributed by atoms with Crippen molar-refractivity contribution >= 4 is 5.95 Å². The molecule has 0 bridgehead atoms. The summed E-state index contributed by atoms with van der Waals surface area (Å²) in [6.45, 7) is 0.157. The maximum atomic E-state index is 13.6. The van der Waals surface area contributed by atoms with Crippen LogP contribution in [0.5, 0.6) is 0 Å². The van der Waals surface area contributed by atoms with Gasteiger partial charge in [-0.25, -0.2) is 18.7 Å². The predicted octanol–water partition coefficient (Wildman–Crippen LogP) is 2.38. The third-order valence-electron chi connectivity index (χ3n) is 2.53. The van der Waals surface area contributed by atoms with Crippen LogP contribution in [-0.4, -0.2) is 23.6 Å². The van der Waals surface area contributed by atoms with E-state index in [-0.39, 0.29) is 12.1 Å². The molecule has 6 heteroatoms. The van der Waals surface area contributed by atoms with Crippen molar-refractivity contribution in [3.63, 3.8) is 0 Å². The largest absolute Gasteiger partial charge is 0.331 e. The first-order chi connectivity index (χ1) is 9.11. The third-order valence-corrected chi connectivity index (χ3v) is 2.53. The summed E-state index contributed by atoms with van der Waals surface area (Å²) in [5, 5.41) is 8.56. The standard InChI is InChI=1S/C13H10F2N4/c1-19(5-4-16)13-17-7-9(8-18-13)11-3-2-10(14)6-12(11)15/h2-3,6-8H,5H2,1H3. The van der Waals surface area contributed by atoms with E-state index < -0.39 is 11.6 Å². The molecule has 0 aliphatic heterocycles. The second kappa shape index (κ2) is 5.40. The Bertz CT molecular complexity index is 620. The van der Waals surface area contributed by atoms with Crippen LogP contribution in [0.3, 0.4) is 0 Å². The number of anilines is 1. The van der Waals surface area contributed by atoms with Crippen molar-refractivity contribution in [3.05, 3.63) is 42.2 Å². The van der Waals surface area contributed by atoms with Crippen molar-refractivity contribution in [2.24, 2.45) is 0 Å². The Morgan fingerprint density at radius 2 is 1.95 bits per heavy atom. The van der Waals surface area contributed by atoms with Gasteiger partial charge in [0.15, 0.2) is 0 Å². The van der Waals surface area contributed by atoms with Crippen molar-refractivity contribution in [2.75, 3.05) is 18.5 Å². The molecule has 0 amide bonds. The van der Waals surface area contributed by atoms with E-state index in [0.29, 0.717) is 11.5 Å². The van der Waals surface area contributed by atoms with Crippen molar-refractivity contribution < 1.29 is 8.78 Å². The van der Waals surface area contributed by atoms with E-state index in [1.807, 2.05) is 6.07 Å². The number of aromatic nitrogens is 2. The van der Waals surface area contributed by atoms with Crippen LogP contribution in [0.15, 0.2) is 30.6 Å². The SMILES string of the molecule is CN(CC#N)c1ncc(-c2ccc(F)cc2F)cn1. The molecule has 0 radical (unpaired) electrons. The zero-order chi connectivity index (χ0) is 13.8. The number of rotatable bonds is 3. The molecule has 0 spiro atoms. The number of nitrogens with zero attached hydrogens (tertiary/aromatic N) is 4. The highest BCUT2D eigenvalue weighted by molar-refractivity contribution is 5.62. The van der Waals surface area contributed by atoms with Crippen LogP contribution in [0.1, 0.15) is 0 Å². The molecule has 96 valence electrons. The van der Waals surface area contributed by atoms with Crippen LogP contribution in [0.25, 0.3) is 11.1 Å². The molecular formula is C13H10F2N4. The Morgan fingerprint density at radius 3 is 2.53 bits per heavy atom. The first-order valence-corrected chi connectivity index (χ1v) is 5.47. The molecule has 4 nitrogen and oxygen atoms in total. The number of halogens is 2. The van der Waals surface area contributed by atoms with Gasteiger partial charge in [0.25, 0.3) is 0 Å². The molecule has 2 rings (SSSR count). The lowest BCUT2D eigenvalue weighted by atomic mass is 10.1. The molecule has 0 atom stereocenters. The van der Waals surface area contributed by atoms with Gasteiger partial charge in [-0.3, -0.25) is 0 Å². The predicted molar refractivity (Wildman–Crippen MR) is 66.3 cm³/mol.